The maximum atomic E-state index is 13.5. The quantitative estimate of drug-likeness (QED) is 0.721. The zero-order chi connectivity index (χ0) is 22.2. The number of hydrogen-bond acceptors (Lipinski definition) is 6. The number of carbonyl (C=O) groups is 1. The van der Waals surface area contributed by atoms with Crippen LogP contribution >= 0.6 is 0 Å². The molecule has 1 fully saturated rings. The summed E-state index contributed by atoms with van der Waals surface area (Å²) in [5, 5.41) is 0. The van der Waals surface area contributed by atoms with Crippen LogP contribution < -0.4 is 4.74 Å². The Morgan fingerprint density at radius 1 is 1.20 bits per heavy atom. The highest BCUT2D eigenvalue weighted by Crippen LogP contribution is 2.38. The third kappa shape index (κ3) is 3.91. The zero-order valence-corrected chi connectivity index (χ0v) is 19.1. The van der Waals surface area contributed by atoms with Crippen LogP contribution in [0.5, 0.6) is 5.75 Å². The molecule has 1 aliphatic rings. The van der Waals surface area contributed by atoms with Crippen molar-refractivity contribution in [1.82, 2.24) is 19.2 Å². The molecule has 30 heavy (non-hydrogen) atoms. The average molecular weight is 433 g/mol. The Balaban J connectivity index is 2.01. The van der Waals surface area contributed by atoms with Gasteiger partial charge in [0.15, 0.2) is 0 Å². The van der Waals surface area contributed by atoms with Crippen LogP contribution in [-0.2, 0) is 10.0 Å². The van der Waals surface area contributed by atoms with Crippen LogP contribution in [0.15, 0.2) is 23.2 Å². The summed E-state index contributed by atoms with van der Waals surface area (Å²) in [5.41, 5.74) is 2.78. The van der Waals surface area contributed by atoms with Gasteiger partial charge in [-0.05, 0) is 56.9 Å². The molecule has 1 aromatic carbocycles. The highest BCUT2D eigenvalue weighted by atomic mass is 32.2. The van der Waals surface area contributed by atoms with Gasteiger partial charge in [-0.25, -0.2) is 18.4 Å². The molecule has 0 unspecified atom stereocenters. The first-order chi connectivity index (χ1) is 14.1. The molecule has 1 saturated heterocycles. The number of hydrogen-bond donors (Lipinski definition) is 0. The van der Waals surface area contributed by atoms with E-state index in [1.807, 2.05) is 13.8 Å². The van der Waals surface area contributed by atoms with E-state index in [-0.39, 0.29) is 10.8 Å². The predicted octanol–water partition coefficient (Wildman–Crippen LogP) is 2.64. The van der Waals surface area contributed by atoms with Gasteiger partial charge in [0.1, 0.15) is 16.5 Å². The smallest absolute Gasteiger partial charge is 0.256 e. The van der Waals surface area contributed by atoms with E-state index in [0.717, 1.165) is 11.1 Å². The maximum Gasteiger partial charge on any atom is 0.256 e. The molecule has 8 nitrogen and oxygen atoms in total. The molecule has 1 amide bonds. The maximum absolute atomic E-state index is 13.5. The molecule has 162 valence electrons. The van der Waals surface area contributed by atoms with Crippen LogP contribution in [0.3, 0.4) is 0 Å². The SMILES string of the molecule is COc1cc(C)c(C)cc1S(=O)(=O)N1CCC[C@@H]1c1ncc(C(=O)N(C)C)c(C)n1. The summed E-state index contributed by atoms with van der Waals surface area (Å²) in [6, 6.07) is 2.92. The van der Waals surface area contributed by atoms with Crippen molar-refractivity contribution >= 4 is 15.9 Å². The Morgan fingerprint density at radius 2 is 1.87 bits per heavy atom. The number of benzene rings is 1. The van der Waals surface area contributed by atoms with E-state index in [4.69, 9.17) is 4.74 Å². The molecule has 2 heterocycles. The summed E-state index contributed by atoms with van der Waals surface area (Å²) in [6.45, 7) is 5.91. The van der Waals surface area contributed by atoms with Gasteiger partial charge in [-0.3, -0.25) is 4.79 Å². The van der Waals surface area contributed by atoms with Crippen LogP contribution in [-0.4, -0.2) is 61.2 Å². The minimum Gasteiger partial charge on any atom is -0.495 e. The van der Waals surface area contributed by atoms with Gasteiger partial charge in [0, 0.05) is 26.8 Å². The van der Waals surface area contributed by atoms with Crippen LogP contribution in [0.4, 0.5) is 0 Å². The Morgan fingerprint density at radius 3 is 2.47 bits per heavy atom. The average Bonchev–Trinajstić information content (AvgIpc) is 3.19. The second-order valence-electron chi connectivity index (χ2n) is 7.79. The van der Waals surface area contributed by atoms with Crippen molar-refractivity contribution in [3.05, 3.63) is 46.5 Å². The monoisotopic (exact) mass is 432 g/mol. The number of nitrogens with zero attached hydrogens (tertiary/aromatic N) is 4. The van der Waals surface area contributed by atoms with Crippen molar-refractivity contribution in [1.29, 1.82) is 0 Å². The van der Waals surface area contributed by atoms with E-state index in [1.165, 1.54) is 22.5 Å². The molecular formula is C21H28N4O4S. The largest absolute Gasteiger partial charge is 0.495 e. The van der Waals surface area contributed by atoms with Crippen molar-refractivity contribution in [2.24, 2.45) is 0 Å². The molecule has 0 bridgehead atoms. The van der Waals surface area contributed by atoms with E-state index < -0.39 is 16.1 Å². The number of methoxy groups -OCH3 is 1. The molecule has 2 aromatic rings. The lowest BCUT2D eigenvalue weighted by Crippen LogP contribution is -2.32. The van der Waals surface area contributed by atoms with Gasteiger partial charge in [-0.1, -0.05) is 0 Å². The molecule has 0 aliphatic carbocycles. The van der Waals surface area contributed by atoms with Gasteiger partial charge in [0.2, 0.25) is 10.0 Å². The van der Waals surface area contributed by atoms with Crippen molar-refractivity contribution in [2.75, 3.05) is 27.7 Å². The van der Waals surface area contributed by atoms with E-state index in [0.29, 0.717) is 42.2 Å². The van der Waals surface area contributed by atoms with Gasteiger partial charge in [0.05, 0.1) is 24.4 Å². The Bertz CT molecular complexity index is 1080. The number of amides is 1. The summed E-state index contributed by atoms with van der Waals surface area (Å²) in [4.78, 5) is 22.7. The second-order valence-corrected chi connectivity index (χ2v) is 9.65. The van der Waals surface area contributed by atoms with E-state index in [9.17, 15) is 13.2 Å². The lowest BCUT2D eigenvalue weighted by Gasteiger charge is -2.25. The fraction of sp³-hybridized carbons (Fsp3) is 0.476. The minimum atomic E-state index is -3.82. The topological polar surface area (TPSA) is 92.7 Å². The fourth-order valence-electron chi connectivity index (χ4n) is 3.63. The van der Waals surface area contributed by atoms with Gasteiger partial charge in [-0.15, -0.1) is 0 Å². The molecule has 0 N–H and O–H groups in total. The van der Waals surface area contributed by atoms with Crippen LogP contribution in [0, 0.1) is 20.8 Å². The molecular weight excluding hydrogens is 404 g/mol. The molecule has 1 aliphatic heterocycles. The van der Waals surface area contributed by atoms with Crippen LogP contribution in [0.2, 0.25) is 0 Å². The number of ether oxygens (including phenoxy) is 1. The number of sulfonamides is 1. The third-order valence-electron chi connectivity index (χ3n) is 5.50. The Kier molecular flexibility index (Phi) is 6.14. The van der Waals surface area contributed by atoms with Crippen LogP contribution in [0.25, 0.3) is 0 Å². The lowest BCUT2D eigenvalue weighted by molar-refractivity contribution is 0.0825. The molecule has 0 spiro atoms. The second kappa shape index (κ2) is 8.31. The first-order valence-corrected chi connectivity index (χ1v) is 11.2. The van der Waals surface area contributed by atoms with Gasteiger partial charge >= 0.3 is 0 Å². The summed E-state index contributed by atoms with van der Waals surface area (Å²) >= 11 is 0. The van der Waals surface area contributed by atoms with E-state index in [2.05, 4.69) is 9.97 Å². The number of aromatic nitrogens is 2. The number of aryl methyl sites for hydroxylation is 3. The Hall–Kier alpha value is -2.52. The minimum absolute atomic E-state index is 0.149. The zero-order valence-electron chi connectivity index (χ0n) is 18.3. The van der Waals surface area contributed by atoms with Gasteiger partial charge in [-0.2, -0.15) is 4.31 Å². The summed E-state index contributed by atoms with van der Waals surface area (Å²) in [7, 11) is 0.981. The number of carbonyl (C=O) groups excluding carboxylic acids is 1. The molecule has 3 rings (SSSR count). The molecule has 0 saturated carbocycles. The summed E-state index contributed by atoms with van der Waals surface area (Å²) < 4.78 is 33.9. The molecule has 1 atom stereocenters. The lowest BCUT2D eigenvalue weighted by atomic mass is 10.1. The van der Waals surface area contributed by atoms with Crippen molar-refractivity contribution in [3.8, 4) is 5.75 Å². The predicted molar refractivity (Wildman–Crippen MR) is 113 cm³/mol. The molecule has 0 radical (unpaired) electrons. The van der Waals surface area contributed by atoms with Crippen molar-refractivity contribution in [2.45, 2.75) is 44.6 Å². The molecule has 9 heteroatoms. The van der Waals surface area contributed by atoms with E-state index >= 15 is 0 Å². The standard InChI is InChI=1S/C21H28N4O4S/c1-13-10-18(29-6)19(11-14(13)2)30(27,28)25-9-7-8-17(25)20-22-12-16(15(3)23-20)21(26)24(4)5/h10-12,17H,7-9H2,1-6H3/t17-/m1/s1. The van der Waals surface area contributed by atoms with Crippen molar-refractivity contribution in [3.63, 3.8) is 0 Å². The normalized spacial score (nSPS) is 17.2. The van der Waals surface area contributed by atoms with Gasteiger partial charge < -0.3 is 9.64 Å². The highest BCUT2D eigenvalue weighted by molar-refractivity contribution is 7.89. The number of rotatable bonds is 5. The van der Waals surface area contributed by atoms with Gasteiger partial charge in [0.25, 0.3) is 5.91 Å². The highest BCUT2D eigenvalue weighted by Gasteiger charge is 2.39. The van der Waals surface area contributed by atoms with Crippen molar-refractivity contribution < 1.29 is 17.9 Å². The fourth-order valence-corrected chi connectivity index (χ4v) is 5.51. The Labute approximate surface area is 177 Å². The van der Waals surface area contributed by atoms with E-state index in [1.54, 1.807) is 33.2 Å². The first kappa shape index (κ1) is 22.2. The third-order valence-corrected chi connectivity index (χ3v) is 7.43. The first-order valence-electron chi connectivity index (χ1n) is 9.80. The van der Waals surface area contributed by atoms with Crippen LogP contribution in [0.1, 0.15) is 51.9 Å². The summed E-state index contributed by atoms with van der Waals surface area (Å²) in [6.07, 6.45) is 2.81. The molecule has 1 aromatic heterocycles. The summed E-state index contributed by atoms with van der Waals surface area (Å²) in [5.74, 6) is 0.550.